The molecule has 15 heavy (non-hydrogen) atoms. The number of hydrogen-bond acceptors (Lipinski definition) is 2. The number of alkyl halides is 1. The Morgan fingerprint density at radius 1 is 1.53 bits per heavy atom. The molecule has 1 N–H and O–H groups in total. The molecule has 1 aliphatic rings. The lowest BCUT2D eigenvalue weighted by Crippen LogP contribution is -2.34. The van der Waals surface area contributed by atoms with Crippen LogP contribution in [0.2, 0.25) is 0 Å². The summed E-state index contributed by atoms with van der Waals surface area (Å²) in [5.41, 5.74) is 0.148. The quantitative estimate of drug-likeness (QED) is 0.783. The van der Waals surface area contributed by atoms with Crippen LogP contribution in [0.1, 0.15) is 40.0 Å². The van der Waals surface area contributed by atoms with Gasteiger partial charge in [-0.3, -0.25) is 0 Å². The van der Waals surface area contributed by atoms with Crippen molar-refractivity contribution >= 4 is 0 Å². The molecule has 1 aliphatic heterocycles. The number of aliphatic hydroxyl groups excluding tert-OH is 1. The number of halogens is 1. The average Bonchev–Trinajstić information content (AvgIpc) is 2.20. The van der Waals surface area contributed by atoms with Crippen molar-refractivity contribution in [3.8, 4) is 0 Å². The summed E-state index contributed by atoms with van der Waals surface area (Å²) in [4.78, 5) is 2.28. The molecule has 0 saturated carbocycles. The van der Waals surface area contributed by atoms with Crippen LogP contribution >= 0.6 is 0 Å². The molecule has 1 saturated heterocycles. The molecule has 3 heteroatoms. The van der Waals surface area contributed by atoms with E-state index in [0.717, 1.165) is 32.5 Å². The van der Waals surface area contributed by atoms with Gasteiger partial charge in [-0.2, -0.15) is 0 Å². The predicted octanol–water partition coefficient (Wildman–Crippen LogP) is 2.22. The lowest BCUT2D eigenvalue weighted by atomic mass is 9.87. The minimum Gasteiger partial charge on any atom is -0.393 e. The van der Waals surface area contributed by atoms with Gasteiger partial charge in [0.15, 0.2) is 0 Å². The van der Waals surface area contributed by atoms with Crippen LogP contribution in [0.5, 0.6) is 0 Å². The van der Waals surface area contributed by atoms with E-state index in [0.29, 0.717) is 6.42 Å². The second kappa shape index (κ2) is 5.26. The Hall–Kier alpha value is -0.150. The van der Waals surface area contributed by atoms with E-state index in [-0.39, 0.29) is 11.5 Å². The molecule has 1 fully saturated rings. The highest BCUT2D eigenvalue weighted by Crippen LogP contribution is 2.28. The Morgan fingerprint density at radius 3 is 2.80 bits per heavy atom. The predicted molar refractivity (Wildman–Crippen MR) is 60.6 cm³/mol. The highest BCUT2D eigenvalue weighted by Gasteiger charge is 2.28. The number of nitrogens with zero attached hydrogens (tertiary/aromatic N) is 1. The van der Waals surface area contributed by atoms with E-state index >= 15 is 0 Å². The Morgan fingerprint density at radius 2 is 2.20 bits per heavy atom. The van der Waals surface area contributed by atoms with Gasteiger partial charge in [0.05, 0.1) is 12.3 Å². The molecule has 0 amide bonds. The summed E-state index contributed by atoms with van der Waals surface area (Å²) in [6, 6.07) is 0. The van der Waals surface area contributed by atoms with Crippen LogP contribution in [0.15, 0.2) is 0 Å². The van der Waals surface area contributed by atoms with Crippen LogP contribution in [0, 0.1) is 5.41 Å². The Kier molecular flexibility index (Phi) is 4.53. The zero-order valence-corrected chi connectivity index (χ0v) is 10.2. The molecule has 2 nitrogen and oxygen atoms in total. The van der Waals surface area contributed by atoms with Crippen molar-refractivity contribution in [3.63, 3.8) is 0 Å². The standard InChI is InChI=1S/C12H24FNO/c1-10(13)4-6-14-7-5-11(15)8-12(2,3)9-14/h10-11,15H,4-9H2,1-3H3/t10-,11+/m0/s1. The third-order valence-corrected chi connectivity index (χ3v) is 3.06. The van der Waals surface area contributed by atoms with E-state index in [9.17, 15) is 9.50 Å². The van der Waals surface area contributed by atoms with Crippen molar-refractivity contribution < 1.29 is 9.50 Å². The van der Waals surface area contributed by atoms with Crippen LogP contribution < -0.4 is 0 Å². The fourth-order valence-electron chi connectivity index (χ4n) is 2.37. The molecule has 0 unspecified atom stereocenters. The van der Waals surface area contributed by atoms with Crippen LogP contribution in [-0.4, -0.2) is 41.9 Å². The van der Waals surface area contributed by atoms with E-state index in [1.807, 2.05) is 0 Å². The molecule has 90 valence electrons. The largest absolute Gasteiger partial charge is 0.393 e. The molecular weight excluding hydrogens is 193 g/mol. The fourth-order valence-corrected chi connectivity index (χ4v) is 2.37. The van der Waals surface area contributed by atoms with E-state index in [1.165, 1.54) is 0 Å². The van der Waals surface area contributed by atoms with Crippen molar-refractivity contribution in [1.29, 1.82) is 0 Å². The summed E-state index contributed by atoms with van der Waals surface area (Å²) in [7, 11) is 0. The summed E-state index contributed by atoms with van der Waals surface area (Å²) in [6.07, 6.45) is 1.37. The Labute approximate surface area is 92.5 Å². The van der Waals surface area contributed by atoms with Gasteiger partial charge in [0.1, 0.15) is 0 Å². The van der Waals surface area contributed by atoms with Crippen LogP contribution in [0.4, 0.5) is 4.39 Å². The van der Waals surface area contributed by atoms with Gasteiger partial charge >= 0.3 is 0 Å². The zero-order chi connectivity index (χ0) is 11.5. The van der Waals surface area contributed by atoms with E-state index in [1.54, 1.807) is 6.92 Å². The first-order valence-electron chi connectivity index (χ1n) is 5.93. The van der Waals surface area contributed by atoms with Crippen molar-refractivity contribution in [2.45, 2.75) is 52.3 Å². The number of aliphatic hydroxyl groups is 1. The molecule has 1 rings (SSSR count). The topological polar surface area (TPSA) is 23.5 Å². The molecular formula is C12H24FNO. The summed E-state index contributed by atoms with van der Waals surface area (Å²) in [5.74, 6) is 0. The van der Waals surface area contributed by atoms with Gasteiger partial charge in [-0.25, -0.2) is 4.39 Å². The van der Waals surface area contributed by atoms with Crippen LogP contribution in [0.25, 0.3) is 0 Å². The number of rotatable bonds is 3. The monoisotopic (exact) mass is 217 g/mol. The molecule has 0 radical (unpaired) electrons. The maximum atomic E-state index is 12.8. The maximum absolute atomic E-state index is 12.8. The third kappa shape index (κ3) is 4.94. The first-order chi connectivity index (χ1) is 6.89. The molecule has 0 aromatic carbocycles. The highest BCUT2D eigenvalue weighted by molar-refractivity contribution is 4.82. The minimum absolute atomic E-state index is 0.148. The number of hydrogen-bond donors (Lipinski definition) is 1. The summed E-state index contributed by atoms with van der Waals surface area (Å²) >= 11 is 0. The van der Waals surface area contributed by atoms with Crippen molar-refractivity contribution in [3.05, 3.63) is 0 Å². The van der Waals surface area contributed by atoms with Crippen molar-refractivity contribution in [2.24, 2.45) is 5.41 Å². The Balaban J connectivity index is 2.44. The summed E-state index contributed by atoms with van der Waals surface area (Å²) in [5, 5.41) is 9.72. The Bertz CT molecular complexity index is 194. The third-order valence-electron chi connectivity index (χ3n) is 3.06. The second-order valence-electron chi connectivity index (χ2n) is 5.66. The second-order valence-corrected chi connectivity index (χ2v) is 5.66. The van der Waals surface area contributed by atoms with Crippen molar-refractivity contribution in [2.75, 3.05) is 19.6 Å². The molecule has 2 atom stereocenters. The molecule has 0 bridgehead atoms. The lowest BCUT2D eigenvalue weighted by molar-refractivity contribution is 0.121. The summed E-state index contributed by atoms with van der Waals surface area (Å²) < 4.78 is 12.8. The molecule has 0 aromatic rings. The van der Waals surface area contributed by atoms with Crippen LogP contribution in [-0.2, 0) is 0 Å². The highest BCUT2D eigenvalue weighted by atomic mass is 19.1. The average molecular weight is 217 g/mol. The summed E-state index contributed by atoms with van der Waals surface area (Å²) in [6.45, 7) is 8.64. The van der Waals surface area contributed by atoms with Gasteiger partial charge in [-0.15, -0.1) is 0 Å². The first kappa shape index (κ1) is 12.9. The van der Waals surface area contributed by atoms with Crippen LogP contribution in [0.3, 0.4) is 0 Å². The van der Waals surface area contributed by atoms with Gasteiger partial charge in [0.25, 0.3) is 0 Å². The SMILES string of the molecule is C[C@H](F)CCN1CC[C@@H](O)CC(C)(C)C1. The molecule has 0 aliphatic carbocycles. The number of likely N-dealkylation sites (tertiary alicyclic amines) is 1. The van der Waals surface area contributed by atoms with Gasteiger partial charge in [0.2, 0.25) is 0 Å². The lowest BCUT2D eigenvalue weighted by Gasteiger charge is -2.29. The van der Waals surface area contributed by atoms with Gasteiger partial charge in [0, 0.05) is 19.6 Å². The normalized spacial score (nSPS) is 29.8. The van der Waals surface area contributed by atoms with Gasteiger partial charge in [-0.1, -0.05) is 13.8 Å². The smallest absolute Gasteiger partial charge is 0.0985 e. The zero-order valence-electron chi connectivity index (χ0n) is 10.2. The van der Waals surface area contributed by atoms with Crippen molar-refractivity contribution in [1.82, 2.24) is 4.90 Å². The first-order valence-corrected chi connectivity index (χ1v) is 5.93. The fraction of sp³-hybridized carbons (Fsp3) is 1.00. The minimum atomic E-state index is -0.721. The van der Waals surface area contributed by atoms with E-state index in [4.69, 9.17) is 0 Å². The maximum Gasteiger partial charge on any atom is 0.0985 e. The van der Waals surface area contributed by atoms with E-state index in [2.05, 4.69) is 18.7 Å². The molecule has 1 heterocycles. The van der Waals surface area contributed by atoms with Gasteiger partial charge in [-0.05, 0) is 31.6 Å². The van der Waals surface area contributed by atoms with Gasteiger partial charge < -0.3 is 10.0 Å². The molecule has 0 aromatic heterocycles. The molecule has 0 spiro atoms. The van der Waals surface area contributed by atoms with E-state index < -0.39 is 6.17 Å².